The summed E-state index contributed by atoms with van der Waals surface area (Å²) in [6.45, 7) is 1.02. The quantitative estimate of drug-likeness (QED) is 0.703. The summed E-state index contributed by atoms with van der Waals surface area (Å²) >= 11 is 1.67. The number of hydrogen-bond donors (Lipinski definition) is 0. The van der Waals surface area contributed by atoms with Gasteiger partial charge in [0.05, 0.1) is 16.7 Å². The van der Waals surface area contributed by atoms with Gasteiger partial charge in [0.1, 0.15) is 0 Å². The van der Waals surface area contributed by atoms with E-state index in [2.05, 4.69) is 16.0 Å². The Hall–Kier alpha value is -1.05. The van der Waals surface area contributed by atoms with Gasteiger partial charge in [-0.2, -0.15) is 5.26 Å². The van der Waals surface area contributed by atoms with Gasteiger partial charge in [-0.05, 0) is 26.2 Å². The van der Waals surface area contributed by atoms with Gasteiger partial charge < -0.3 is 4.90 Å². The van der Waals surface area contributed by atoms with E-state index in [-0.39, 0.29) is 0 Å². The van der Waals surface area contributed by atoms with Gasteiger partial charge in [-0.25, -0.2) is 4.98 Å². The molecule has 0 aliphatic rings. The number of hydrogen-bond acceptors (Lipinski definition) is 4. The highest BCUT2D eigenvalue weighted by molar-refractivity contribution is 7.99. The first kappa shape index (κ1) is 11.0. The molecule has 0 unspecified atom stereocenters. The molecule has 0 radical (unpaired) electrons. The molecular formula is C10H13N3S. The number of nitriles is 1. The van der Waals surface area contributed by atoms with E-state index in [4.69, 9.17) is 5.26 Å². The summed E-state index contributed by atoms with van der Waals surface area (Å²) in [5.41, 5.74) is 0.673. The van der Waals surface area contributed by atoms with Crippen LogP contribution >= 0.6 is 11.8 Å². The SMILES string of the molecule is CN(C)CCSc1cc(C#N)ccn1. The zero-order valence-corrected chi connectivity index (χ0v) is 9.21. The Morgan fingerprint density at radius 3 is 3.00 bits per heavy atom. The lowest BCUT2D eigenvalue weighted by atomic mass is 10.3. The molecular weight excluding hydrogens is 194 g/mol. The van der Waals surface area contributed by atoms with Gasteiger partial charge in [-0.15, -0.1) is 11.8 Å². The van der Waals surface area contributed by atoms with Crippen molar-refractivity contribution in [1.82, 2.24) is 9.88 Å². The molecule has 1 heterocycles. The average Bonchev–Trinajstić information content (AvgIpc) is 2.18. The van der Waals surface area contributed by atoms with E-state index in [0.29, 0.717) is 5.56 Å². The third-order valence-electron chi connectivity index (χ3n) is 1.65. The van der Waals surface area contributed by atoms with Crippen LogP contribution in [0.4, 0.5) is 0 Å². The Balaban J connectivity index is 2.47. The highest BCUT2D eigenvalue weighted by atomic mass is 32.2. The van der Waals surface area contributed by atoms with E-state index in [1.54, 1.807) is 24.0 Å². The van der Waals surface area contributed by atoms with Crippen molar-refractivity contribution in [2.24, 2.45) is 0 Å². The Bertz CT molecular complexity index is 330. The molecule has 1 aromatic rings. The Kier molecular flexibility index (Phi) is 4.44. The predicted octanol–water partition coefficient (Wildman–Crippen LogP) is 1.61. The fraction of sp³-hybridized carbons (Fsp3) is 0.400. The molecule has 0 saturated carbocycles. The van der Waals surface area contributed by atoms with Crippen LogP contribution in [0.15, 0.2) is 23.4 Å². The maximum atomic E-state index is 8.68. The number of nitrogens with zero attached hydrogens (tertiary/aromatic N) is 3. The molecule has 0 fully saturated rings. The van der Waals surface area contributed by atoms with Gasteiger partial charge in [-0.3, -0.25) is 0 Å². The summed E-state index contributed by atoms with van der Waals surface area (Å²) in [6, 6.07) is 5.64. The van der Waals surface area contributed by atoms with Crippen molar-refractivity contribution in [3.8, 4) is 6.07 Å². The largest absolute Gasteiger partial charge is 0.309 e. The van der Waals surface area contributed by atoms with E-state index < -0.39 is 0 Å². The number of rotatable bonds is 4. The van der Waals surface area contributed by atoms with Gasteiger partial charge in [0.25, 0.3) is 0 Å². The lowest BCUT2D eigenvalue weighted by molar-refractivity contribution is 0.437. The summed E-state index contributed by atoms with van der Waals surface area (Å²) in [4.78, 5) is 6.30. The lowest BCUT2D eigenvalue weighted by Gasteiger charge is -2.07. The standard InChI is InChI=1S/C10H13N3S/c1-13(2)5-6-14-10-7-9(8-11)3-4-12-10/h3-4,7H,5-6H2,1-2H3. The fourth-order valence-electron chi connectivity index (χ4n) is 0.891. The van der Waals surface area contributed by atoms with Crippen LogP contribution in [-0.2, 0) is 0 Å². The third kappa shape index (κ3) is 3.77. The molecule has 0 spiro atoms. The second kappa shape index (κ2) is 5.63. The first-order chi connectivity index (χ1) is 6.72. The highest BCUT2D eigenvalue weighted by Crippen LogP contribution is 2.15. The maximum Gasteiger partial charge on any atom is 0.0993 e. The van der Waals surface area contributed by atoms with E-state index in [1.165, 1.54) is 0 Å². The van der Waals surface area contributed by atoms with Gasteiger partial charge in [-0.1, -0.05) is 0 Å². The Labute approximate surface area is 88.8 Å². The molecule has 1 aromatic heterocycles. The van der Waals surface area contributed by atoms with Gasteiger partial charge in [0.2, 0.25) is 0 Å². The normalized spacial score (nSPS) is 10.1. The second-order valence-electron chi connectivity index (χ2n) is 3.15. The summed E-state index contributed by atoms with van der Waals surface area (Å²) in [5.74, 6) is 0.995. The Morgan fingerprint density at radius 1 is 1.57 bits per heavy atom. The zero-order valence-electron chi connectivity index (χ0n) is 8.40. The minimum Gasteiger partial charge on any atom is -0.309 e. The van der Waals surface area contributed by atoms with Crippen LogP contribution in [0.5, 0.6) is 0 Å². The van der Waals surface area contributed by atoms with Gasteiger partial charge >= 0.3 is 0 Å². The molecule has 3 nitrogen and oxygen atoms in total. The summed E-state index contributed by atoms with van der Waals surface area (Å²) in [5, 5.41) is 9.60. The van der Waals surface area contributed by atoms with Crippen molar-refractivity contribution in [2.75, 3.05) is 26.4 Å². The molecule has 74 valence electrons. The molecule has 0 N–H and O–H groups in total. The zero-order chi connectivity index (χ0) is 10.4. The van der Waals surface area contributed by atoms with Crippen molar-refractivity contribution in [1.29, 1.82) is 5.26 Å². The van der Waals surface area contributed by atoms with Crippen molar-refractivity contribution < 1.29 is 0 Å². The lowest BCUT2D eigenvalue weighted by Crippen LogP contribution is -2.14. The fourth-order valence-corrected chi connectivity index (χ4v) is 1.90. The third-order valence-corrected chi connectivity index (χ3v) is 2.56. The maximum absolute atomic E-state index is 8.68. The van der Waals surface area contributed by atoms with Crippen LogP contribution < -0.4 is 0 Å². The number of pyridine rings is 1. The topological polar surface area (TPSA) is 39.9 Å². The first-order valence-electron chi connectivity index (χ1n) is 4.36. The van der Waals surface area contributed by atoms with Crippen molar-refractivity contribution >= 4 is 11.8 Å². The minimum absolute atomic E-state index is 0.673. The predicted molar refractivity (Wildman–Crippen MR) is 58.2 cm³/mol. The monoisotopic (exact) mass is 207 g/mol. The summed E-state index contributed by atoms with van der Waals surface area (Å²) in [7, 11) is 4.08. The van der Waals surface area contributed by atoms with E-state index in [9.17, 15) is 0 Å². The van der Waals surface area contributed by atoms with Crippen molar-refractivity contribution in [3.05, 3.63) is 23.9 Å². The smallest absolute Gasteiger partial charge is 0.0993 e. The minimum atomic E-state index is 0.673. The second-order valence-corrected chi connectivity index (χ2v) is 4.26. The average molecular weight is 207 g/mol. The van der Waals surface area contributed by atoms with Gasteiger partial charge in [0, 0.05) is 18.5 Å². The molecule has 0 aliphatic carbocycles. The highest BCUT2D eigenvalue weighted by Gasteiger charge is 1.98. The van der Waals surface area contributed by atoms with Crippen LogP contribution in [-0.4, -0.2) is 36.3 Å². The molecule has 0 bridgehead atoms. The molecule has 1 rings (SSSR count). The van der Waals surface area contributed by atoms with Crippen LogP contribution in [0.25, 0.3) is 0 Å². The van der Waals surface area contributed by atoms with Crippen LogP contribution in [0.3, 0.4) is 0 Å². The van der Waals surface area contributed by atoms with Crippen LogP contribution in [0, 0.1) is 11.3 Å². The number of thioether (sulfide) groups is 1. The van der Waals surface area contributed by atoms with E-state index in [0.717, 1.165) is 17.3 Å². The van der Waals surface area contributed by atoms with Crippen molar-refractivity contribution in [3.63, 3.8) is 0 Å². The molecule has 0 aliphatic heterocycles. The molecule has 0 aromatic carbocycles. The van der Waals surface area contributed by atoms with Gasteiger partial charge in [0.15, 0.2) is 0 Å². The first-order valence-corrected chi connectivity index (χ1v) is 5.34. The van der Waals surface area contributed by atoms with E-state index >= 15 is 0 Å². The van der Waals surface area contributed by atoms with Crippen LogP contribution in [0.1, 0.15) is 5.56 Å². The summed E-state index contributed by atoms with van der Waals surface area (Å²) in [6.07, 6.45) is 1.68. The van der Waals surface area contributed by atoms with Crippen molar-refractivity contribution in [2.45, 2.75) is 5.03 Å². The molecule has 0 saturated heterocycles. The molecule has 14 heavy (non-hydrogen) atoms. The van der Waals surface area contributed by atoms with E-state index in [1.807, 2.05) is 20.2 Å². The number of aromatic nitrogens is 1. The van der Waals surface area contributed by atoms with Crippen LogP contribution in [0.2, 0.25) is 0 Å². The summed E-state index contributed by atoms with van der Waals surface area (Å²) < 4.78 is 0. The molecule has 4 heteroatoms. The molecule has 0 amide bonds. The Morgan fingerprint density at radius 2 is 2.36 bits per heavy atom. The molecule has 0 atom stereocenters.